The van der Waals surface area contributed by atoms with Crippen molar-refractivity contribution in [2.24, 2.45) is 0 Å². The third kappa shape index (κ3) is 4.13. The van der Waals surface area contributed by atoms with E-state index in [1.54, 1.807) is 19.2 Å². The molecule has 0 fully saturated rings. The molecule has 0 atom stereocenters. The molecule has 0 aliphatic carbocycles. The molecule has 0 bridgehead atoms. The predicted molar refractivity (Wildman–Crippen MR) is 119 cm³/mol. The molecule has 3 aromatic carbocycles. The first-order valence-corrected chi connectivity index (χ1v) is 10.5. The maximum absolute atomic E-state index is 13.3. The molecule has 0 saturated carbocycles. The molecule has 6 heteroatoms. The summed E-state index contributed by atoms with van der Waals surface area (Å²) >= 11 is 7.26. The summed E-state index contributed by atoms with van der Waals surface area (Å²) in [7, 11) is 1.60. The van der Waals surface area contributed by atoms with E-state index in [4.69, 9.17) is 16.3 Å². The Hall–Kier alpha value is -3.02. The molecule has 150 valence electrons. The van der Waals surface area contributed by atoms with E-state index in [0.717, 1.165) is 21.8 Å². The Morgan fingerprint density at radius 1 is 0.867 bits per heavy atom. The number of amides is 2. The highest BCUT2D eigenvalue weighted by Crippen LogP contribution is 2.40. The minimum atomic E-state index is -0.297. The van der Waals surface area contributed by atoms with Crippen molar-refractivity contribution < 1.29 is 14.3 Å². The molecule has 0 N–H and O–H groups in total. The van der Waals surface area contributed by atoms with E-state index in [1.807, 2.05) is 66.7 Å². The van der Waals surface area contributed by atoms with Crippen molar-refractivity contribution >= 4 is 40.8 Å². The highest BCUT2D eigenvalue weighted by molar-refractivity contribution is 8.04. The van der Waals surface area contributed by atoms with Gasteiger partial charge in [0.2, 0.25) is 0 Å². The largest absolute Gasteiger partial charge is 0.497 e. The number of thioether (sulfide) groups is 1. The Morgan fingerprint density at radius 3 is 2.17 bits per heavy atom. The fourth-order valence-electron chi connectivity index (χ4n) is 3.19. The maximum atomic E-state index is 13.3. The van der Waals surface area contributed by atoms with Gasteiger partial charge in [0.25, 0.3) is 11.8 Å². The highest BCUT2D eigenvalue weighted by atomic mass is 35.5. The van der Waals surface area contributed by atoms with Gasteiger partial charge in [0.05, 0.1) is 24.1 Å². The Balaban J connectivity index is 1.68. The number of hydrogen-bond acceptors (Lipinski definition) is 4. The second-order valence-electron chi connectivity index (χ2n) is 6.67. The van der Waals surface area contributed by atoms with Crippen molar-refractivity contribution in [1.29, 1.82) is 0 Å². The van der Waals surface area contributed by atoms with Crippen LogP contribution in [0.1, 0.15) is 11.1 Å². The van der Waals surface area contributed by atoms with Crippen molar-refractivity contribution in [2.45, 2.75) is 11.4 Å². The number of carbonyl (C=O) groups excluding carboxylic acids is 2. The molecular weight excluding hydrogens is 418 g/mol. The number of rotatable bonds is 6. The Bertz CT molecular complexity index is 1110. The van der Waals surface area contributed by atoms with E-state index in [0.29, 0.717) is 15.5 Å². The summed E-state index contributed by atoms with van der Waals surface area (Å²) in [6.45, 7) is 0.197. The van der Waals surface area contributed by atoms with Crippen LogP contribution in [0.15, 0.2) is 88.7 Å². The van der Waals surface area contributed by atoms with Gasteiger partial charge >= 0.3 is 0 Å². The standard InChI is InChI=1S/C24H18ClNO3S/c1-29-19-11-7-16(8-12-19)15-26-23(27)21(17-5-3-2-4-6-17)22(24(26)28)30-20-13-9-18(25)10-14-20/h2-14H,15H2,1H3. The molecule has 0 radical (unpaired) electrons. The number of benzene rings is 3. The topological polar surface area (TPSA) is 46.6 Å². The van der Waals surface area contributed by atoms with Crippen LogP contribution in [-0.4, -0.2) is 23.8 Å². The first-order chi connectivity index (χ1) is 14.6. The van der Waals surface area contributed by atoms with Crippen LogP contribution in [0.4, 0.5) is 0 Å². The number of ether oxygens (including phenoxy) is 1. The number of halogens is 1. The Morgan fingerprint density at radius 2 is 1.53 bits per heavy atom. The Labute approximate surface area is 184 Å². The van der Waals surface area contributed by atoms with Crippen molar-refractivity contribution in [1.82, 2.24) is 4.90 Å². The van der Waals surface area contributed by atoms with Crippen LogP contribution in [-0.2, 0) is 16.1 Å². The van der Waals surface area contributed by atoms with Crippen LogP contribution in [0.5, 0.6) is 5.75 Å². The second kappa shape index (κ2) is 8.78. The normalized spacial score (nSPS) is 13.9. The van der Waals surface area contributed by atoms with Gasteiger partial charge in [0.15, 0.2) is 0 Å². The summed E-state index contributed by atoms with van der Waals surface area (Å²) < 4.78 is 5.18. The summed E-state index contributed by atoms with van der Waals surface area (Å²) in [6, 6.07) is 23.8. The van der Waals surface area contributed by atoms with Crippen LogP contribution in [0.25, 0.3) is 5.57 Å². The summed E-state index contributed by atoms with van der Waals surface area (Å²) in [5.74, 6) is 0.132. The van der Waals surface area contributed by atoms with Gasteiger partial charge in [-0.15, -0.1) is 0 Å². The maximum Gasteiger partial charge on any atom is 0.268 e. The van der Waals surface area contributed by atoms with E-state index in [2.05, 4.69) is 0 Å². The van der Waals surface area contributed by atoms with Gasteiger partial charge in [0, 0.05) is 9.92 Å². The monoisotopic (exact) mass is 435 g/mol. The first-order valence-electron chi connectivity index (χ1n) is 9.29. The molecule has 4 rings (SSSR count). The van der Waals surface area contributed by atoms with Gasteiger partial charge in [-0.25, -0.2) is 0 Å². The molecule has 2 amide bonds. The second-order valence-corrected chi connectivity index (χ2v) is 8.19. The number of hydrogen-bond donors (Lipinski definition) is 0. The SMILES string of the molecule is COc1ccc(CN2C(=O)C(Sc3ccc(Cl)cc3)=C(c3ccccc3)C2=O)cc1. The van der Waals surface area contributed by atoms with Gasteiger partial charge in [-0.05, 0) is 47.5 Å². The van der Waals surface area contributed by atoms with E-state index in [-0.39, 0.29) is 18.4 Å². The predicted octanol–water partition coefficient (Wildman–Crippen LogP) is 5.42. The van der Waals surface area contributed by atoms with Crippen molar-refractivity contribution in [3.63, 3.8) is 0 Å². The Kier molecular flexibility index (Phi) is 5.93. The molecule has 1 aliphatic heterocycles. The van der Waals surface area contributed by atoms with Crippen LogP contribution in [0.2, 0.25) is 5.02 Å². The summed E-state index contributed by atoms with van der Waals surface area (Å²) in [4.78, 5) is 29.1. The zero-order valence-electron chi connectivity index (χ0n) is 16.2. The third-order valence-electron chi connectivity index (χ3n) is 4.72. The average molecular weight is 436 g/mol. The van der Waals surface area contributed by atoms with Crippen molar-refractivity contribution in [2.75, 3.05) is 7.11 Å². The molecule has 0 spiro atoms. The van der Waals surface area contributed by atoms with Gasteiger partial charge < -0.3 is 4.74 Å². The smallest absolute Gasteiger partial charge is 0.268 e. The lowest BCUT2D eigenvalue weighted by Crippen LogP contribution is -2.30. The van der Waals surface area contributed by atoms with E-state index >= 15 is 0 Å². The molecule has 0 aromatic heterocycles. The van der Waals surface area contributed by atoms with Gasteiger partial charge in [-0.2, -0.15) is 0 Å². The summed E-state index contributed by atoms with van der Waals surface area (Å²) in [5.41, 5.74) is 2.00. The molecule has 4 nitrogen and oxygen atoms in total. The zero-order valence-corrected chi connectivity index (χ0v) is 17.7. The first kappa shape index (κ1) is 20.3. The summed E-state index contributed by atoms with van der Waals surface area (Å²) in [6.07, 6.45) is 0. The van der Waals surface area contributed by atoms with E-state index in [1.165, 1.54) is 16.7 Å². The van der Waals surface area contributed by atoms with E-state index in [9.17, 15) is 9.59 Å². The van der Waals surface area contributed by atoms with E-state index < -0.39 is 0 Å². The molecule has 0 saturated heterocycles. The lowest BCUT2D eigenvalue weighted by Gasteiger charge is -2.15. The average Bonchev–Trinajstić information content (AvgIpc) is 3.00. The van der Waals surface area contributed by atoms with Crippen molar-refractivity contribution in [3.05, 3.63) is 99.9 Å². The van der Waals surface area contributed by atoms with Gasteiger partial charge in [-0.3, -0.25) is 14.5 Å². The minimum absolute atomic E-state index is 0.197. The van der Waals surface area contributed by atoms with Gasteiger partial charge in [0.1, 0.15) is 5.75 Å². The van der Waals surface area contributed by atoms with Crippen LogP contribution < -0.4 is 4.74 Å². The number of imide groups is 1. The molecule has 0 unspecified atom stereocenters. The number of methoxy groups -OCH3 is 1. The van der Waals surface area contributed by atoms with Crippen LogP contribution >= 0.6 is 23.4 Å². The molecule has 1 heterocycles. The lowest BCUT2D eigenvalue weighted by atomic mass is 10.1. The lowest BCUT2D eigenvalue weighted by molar-refractivity contribution is -0.137. The number of carbonyl (C=O) groups is 2. The summed E-state index contributed by atoms with van der Waals surface area (Å²) in [5, 5.41) is 0.617. The minimum Gasteiger partial charge on any atom is -0.497 e. The number of nitrogens with zero attached hydrogens (tertiary/aromatic N) is 1. The van der Waals surface area contributed by atoms with Crippen LogP contribution in [0.3, 0.4) is 0 Å². The van der Waals surface area contributed by atoms with Gasteiger partial charge in [-0.1, -0.05) is 65.8 Å². The molecule has 30 heavy (non-hydrogen) atoms. The molecule has 1 aliphatic rings. The molecular formula is C24H18ClNO3S. The van der Waals surface area contributed by atoms with Crippen molar-refractivity contribution in [3.8, 4) is 5.75 Å². The van der Waals surface area contributed by atoms with Crippen LogP contribution in [0, 0.1) is 0 Å². The fourth-order valence-corrected chi connectivity index (χ4v) is 4.32. The molecule has 3 aromatic rings. The fraction of sp³-hybridized carbons (Fsp3) is 0.0833. The third-order valence-corrected chi connectivity index (χ3v) is 6.06. The highest BCUT2D eigenvalue weighted by Gasteiger charge is 2.39. The quantitative estimate of drug-likeness (QED) is 0.485. The zero-order chi connectivity index (χ0) is 21.1.